The molecule has 0 bridgehead atoms. The van der Waals surface area contributed by atoms with Gasteiger partial charge in [0.05, 0.1) is 15.6 Å². The Morgan fingerprint density at radius 2 is 1.83 bits per heavy atom. The molecule has 9 nitrogen and oxygen atoms in total. The highest BCUT2D eigenvalue weighted by Gasteiger charge is 2.37. The zero-order valence-electron chi connectivity index (χ0n) is 18.7. The number of imide groups is 2. The van der Waals surface area contributed by atoms with Gasteiger partial charge in [-0.15, -0.1) is 0 Å². The van der Waals surface area contributed by atoms with Crippen molar-refractivity contribution in [1.82, 2.24) is 5.32 Å². The second kappa shape index (κ2) is 10.2. The maximum absolute atomic E-state index is 13.1. The molecule has 3 aromatic rings. The van der Waals surface area contributed by atoms with E-state index in [2.05, 4.69) is 5.32 Å². The molecule has 0 saturated carbocycles. The van der Waals surface area contributed by atoms with Crippen LogP contribution in [0.4, 0.5) is 16.2 Å². The normalized spacial score (nSPS) is 14.7. The van der Waals surface area contributed by atoms with Crippen molar-refractivity contribution >= 4 is 58.5 Å². The van der Waals surface area contributed by atoms with Crippen molar-refractivity contribution in [3.8, 4) is 5.75 Å². The topological polar surface area (TPSA) is 119 Å². The van der Waals surface area contributed by atoms with Crippen LogP contribution in [-0.4, -0.2) is 22.8 Å². The van der Waals surface area contributed by atoms with Crippen LogP contribution in [0.15, 0.2) is 66.2 Å². The number of aryl methyl sites for hydroxylation is 1. The number of nitro benzene ring substituents is 1. The highest BCUT2D eigenvalue weighted by molar-refractivity contribution is 6.40. The second-order valence-corrected chi connectivity index (χ2v) is 8.64. The average molecular weight is 526 g/mol. The van der Waals surface area contributed by atoms with Crippen LogP contribution in [-0.2, 0) is 16.2 Å². The Bertz CT molecular complexity index is 1450. The highest BCUT2D eigenvalue weighted by Crippen LogP contribution is 2.30. The van der Waals surface area contributed by atoms with Crippen molar-refractivity contribution in [3.63, 3.8) is 0 Å². The number of hydrogen-bond donors (Lipinski definition) is 1. The van der Waals surface area contributed by atoms with E-state index in [9.17, 15) is 24.5 Å². The van der Waals surface area contributed by atoms with Crippen LogP contribution in [0.1, 0.15) is 16.7 Å². The molecule has 0 radical (unpaired) electrons. The van der Waals surface area contributed by atoms with Crippen molar-refractivity contribution in [3.05, 3.63) is 103 Å². The summed E-state index contributed by atoms with van der Waals surface area (Å²) in [5.41, 5.74) is 1.54. The molecule has 1 aliphatic rings. The Hall–Kier alpha value is -4.21. The molecule has 0 aromatic heterocycles. The summed E-state index contributed by atoms with van der Waals surface area (Å²) >= 11 is 12.4. The summed E-state index contributed by atoms with van der Waals surface area (Å²) in [5.74, 6) is -1.35. The molecule has 3 aromatic carbocycles. The van der Waals surface area contributed by atoms with Gasteiger partial charge in [-0.05, 0) is 54.0 Å². The quantitative estimate of drug-likeness (QED) is 0.197. The molecule has 182 valence electrons. The number of anilines is 1. The molecule has 0 atom stereocenters. The number of benzene rings is 3. The van der Waals surface area contributed by atoms with Gasteiger partial charge in [0.2, 0.25) is 0 Å². The van der Waals surface area contributed by atoms with Crippen LogP contribution in [0, 0.1) is 17.0 Å². The molecular weight excluding hydrogens is 509 g/mol. The number of rotatable bonds is 6. The number of carbonyl (C=O) groups excluding carboxylic acids is 3. The van der Waals surface area contributed by atoms with Gasteiger partial charge in [0.25, 0.3) is 17.5 Å². The van der Waals surface area contributed by atoms with E-state index in [0.717, 1.165) is 4.90 Å². The molecule has 36 heavy (non-hydrogen) atoms. The fourth-order valence-electron chi connectivity index (χ4n) is 3.51. The van der Waals surface area contributed by atoms with Gasteiger partial charge in [-0.2, -0.15) is 0 Å². The van der Waals surface area contributed by atoms with E-state index in [1.54, 1.807) is 43.3 Å². The number of hydrogen-bond acceptors (Lipinski definition) is 6. The summed E-state index contributed by atoms with van der Waals surface area (Å²) in [6.07, 6.45) is 1.31. The maximum atomic E-state index is 13.1. The summed E-state index contributed by atoms with van der Waals surface area (Å²) in [5, 5.41) is 13.6. The van der Waals surface area contributed by atoms with Crippen molar-refractivity contribution < 1.29 is 24.0 Å². The molecule has 1 heterocycles. The summed E-state index contributed by atoms with van der Waals surface area (Å²) in [4.78, 5) is 49.3. The molecule has 0 spiro atoms. The van der Waals surface area contributed by atoms with Gasteiger partial charge < -0.3 is 4.74 Å². The average Bonchev–Trinajstić information content (AvgIpc) is 2.83. The largest absolute Gasteiger partial charge is 0.487 e. The third-order valence-electron chi connectivity index (χ3n) is 5.30. The van der Waals surface area contributed by atoms with Crippen molar-refractivity contribution in [2.45, 2.75) is 13.5 Å². The molecule has 1 saturated heterocycles. The van der Waals surface area contributed by atoms with Crippen molar-refractivity contribution in [2.75, 3.05) is 4.90 Å². The van der Waals surface area contributed by atoms with Crippen LogP contribution < -0.4 is 15.0 Å². The van der Waals surface area contributed by atoms with E-state index < -0.39 is 22.8 Å². The first-order valence-electron chi connectivity index (χ1n) is 10.5. The molecule has 4 amide bonds. The van der Waals surface area contributed by atoms with Crippen molar-refractivity contribution in [1.29, 1.82) is 0 Å². The molecule has 11 heteroatoms. The van der Waals surface area contributed by atoms with Crippen molar-refractivity contribution in [2.24, 2.45) is 0 Å². The first-order valence-corrected chi connectivity index (χ1v) is 11.2. The minimum Gasteiger partial charge on any atom is -0.487 e. The van der Waals surface area contributed by atoms with Gasteiger partial charge >= 0.3 is 6.03 Å². The third kappa shape index (κ3) is 5.22. The van der Waals surface area contributed by atoms with E-state index in [-0.39, 0.29) is 28.6 Å². The van der Waals surface area contributed by atoms with Crippen LogP contribution in [0.3, 0.4) is 0 Å². The number of halogens is 2. The number of amides is 4. The van der Waals surface area contributed by atoms with Gasteiger partial charge in [0.15, 0.2) is 0 Å². The summed E-state index contributed by atoms with van der Waals surface area (Å²) in [6.45, 7) is 1.75. The third-order valence-corrected chi connectivity index (χ3v) is 5.83. The molecule has 0 aliphatic carbocycles. The summed E-state index contributed by atoms with van der Waals surface area (Å²) in [7, 11) is 0. The van der Waals surface area contributed by atoms with Crippen LogP contribution >= 0.6 is 23.2 Å². The molecule has 4 rings (SSSR count). The van der Waals surface area contributed by atoms with Crippen LogP contribution in [0.2, 0.25) is 10.0 Å². The van der Waals surface area contributed by atoms with Gasteiger partial charge in [-0.25, -0.2) is 9.69 Å². The predicted octanol–water partition coefficient (Wildman–Crippen LogP) is 5.46. The van der Waals surface area contributed by atoms with E-state index in [1.807, 2.05) is 0 Å². The number of carbonyl (C=O) groups is 3. The number of non-ortho nitro benzene ring substituents is 1. The number of urea groups is 1. The number of nitrogens with zero attached hydrogens (tertiary/aromatic N) is 2. The lowest BCUT2D eigenvalue weighted by molar-refractivity contribution is -0.384. The van der Waals surface area contributed by atoms with E-state index in [4.69, 9.17) is 27.9 Å². The Morgan fingerprint density at radius 1 is 1.06 bits per heavy atom. The summed E-state index contributed by atoms with van der Waals surface area (Å²) < 4.78 is 5.67. The van der Waals surface area contributed by atoms with Gasteiger partial charge in [0.1, 0.15) is 17.9 Å². The van der Waals surface area contributed by atoms with Gasteiger partial charge in [-0.3, -0.25) is 25.0 Å². The standard InChI is InChI=1S/C25H17Cl2N3O6/c1-14-5-7-17(26)12-21(14)29-24(32)19(23(31)28-25(29)33)10-15-6-8-22(20(27)11-15)36-13-16-3-2-4-18(9-16)30(34)35/h2-12H,13H2,1H3,(H,28,31,33)/b19-10+. The number of nitrogens with one attached hydrogen (secondary N) is 1. The maximum Gasteiger partial charge on any atom is 0.335 e. The minimum absolute atomic E-state index is 0.0405. The van der Waals surface area contributed by atoms with Gasteiger partial charge in [-0.1, -0.05) is 47.5 Å². The van der Waals surface area contributed by atoms with Crippen LogP contribution in [0.25, 0.3) is 6.08 Å². The predicted molar refractivity (Wildman–Crippen MR) is 134 cm³/mol. The van der Waals surface area contributed by atoms with E-state index in [0.29, 0.717) is 27.5 Å². The number of barbiturate groups is 1. The molecule has 0 unspecified atom stereocenters. The monoisotopic (exact) mass is 525 g/mol. The molecular formula is C25H17Cl2N3O6. The first kappa shape index (κ1) is 24.9. The summed E-state index contributed by atoms with van der Waals surface area (Å²) in [6, 6.07) is 14.5. The SMILES string of the molecule is Cc1ccc(Cl)cc1N1C(=O)NC(=O)/C(=C\c2ccc(OCc3cccc([N+](=O)[O-])c3)c(Cl)c2)C1=O. The Balaban J connectivity index is 1.57. The zero-order chi connectivity index (χ0) is 26.0. The van der Waals surface area contributed by atoms with Crippen LogP contribution in [0.5, 0.6) is 5.75 Å². The fraction of sp³-hybridized carbons (Fsp3) is 0.0800. The highest BCUT2D eigenvalue weighted by atomic mass is 35.5. The zero-order valence-corrected chi connectivity index (χ0v) is 20.2. The molecule has 1 aliphatic heterocycles. The smallest absolute Gasteiger partial charge is 0.335 e. The number of nitro groups is 1. The fourth-order valence-corrected chi connectivity index (χ4v) is 3.92. The lowest BCUT2D eigenvalue weighted by Crippen LogP contribution is -2.54. The van der Waals surface area contributed by atoms with Gasteiger partial charge in [0, 0.05) is 17.2 Å². The number of ether oxygens (including phenoxy) is 1. The minimum atomic E-state index is -0.879. The first-order chi connectivity index (χ1) is 17.1. The van der Waals surface area contributed by atoms with E-state index in [1.165, 1.54) is 30.3 Å². The van der Waals surface area contributed by atoms with E-state index >= 15 is 0 Å². The Kier molecular flexibility index (Phi) is 7.05. The molecule has 1 N–H and O–H groups in total. The Labute approximate surface area is 215 Å². The second-order valence-electron chi connectivity index (χ2n) is 7.79. The molecule has 1 fully saturated rings. The lowest BCUT2D eigenvalue weighted by Gasteiger charge is -2.27. The Morgan fingerprint density at radius 3 is 2.56 bits per heavy atom. The lowest BCUT2D eigenvalue weighted by atomic mass is 10.1.